The first-order valence-electron chi connectivity index (χ1n) is 10.3. The van der Waals surface area contributed by atoms with Crippen LogP contribution < -0.4 is 4.90 Å². The highest BCUT2D eigenvalue weighted by Gasteiger charge is 2.36. The van der Waals surface area contributed by atoms with Gasteiger partial charge >= 0.3 is 0 Å². The molecule has 0 unspecified atom stereocenters. The minimum Gasteiger partial charge on any atom is -0.318 e. The Labute approximate surface area is 187 Å². The average molecular weight is 431 g/mol. The Hall–Kier alpha value is -3.05. The standard InChI is InChI=1S/C26H26N2O2S/c1-17-15-19(18(2)27(17)22-13-11-20(12-14-22)26(3,4)5)16-23-24(29)28(25(30)31-23)21-9-7-6-8-10-21/h6-16H,1-5H3. The first kappa shape index (κ1) is 21.2. The van der Waals surface area contributed by atoms with Crippen molar-refractivity contribution in [1.82, 2.24) is 4.57 Å². The number of rotatable bonds is 3. The monoisotopic (exact) mass is 430 g/mol. The van der Waals surface area contributed by atoms with E-state index >= 15 is 0 Å². The zero-order valence-electron chi connectivity index (χ0n) is 18.5. The molecule has 0 radical (unpaired) electrons. The number of nitrogens with zero attached hydrogens (tertiary/aromatic N) is 2. The summed E-state index contributed by atoms with van der Waals surface area (Å²) in [6.07, 6.45) is 1.83. The molecule has 0 atom stereocenters. The van der Waals surface area contributed by atoms with Crippen molar-refractivity contribution in [3.63, 3.8) is 0 Å². The van der Waals surface area contributed by atoms with E-state index in [0.717, 1.165) is 34.4 Å². The second-order valence-electron chi connectivity index (χ2n) is 8.81. The molecule has 0 aliphatic carbocycles. The van der Waals surface area contributed by atoms with Gasteiger partial charge in [-0.1, -0.05) is 51.1 Å². The maximum Gasteiger partial charge on any atom is 0.298 e. The van der Waals surface area contributed by atoms with E-state index in [1.54, 1.807) is 12.1 Å². The Kier molecular flexibility index (Phi) is 5.40. The number of aryl methyl sites for hydroxylation is 1. The zero-order chi connectivity index (χ0) is 22.3. The third kappa shape index (κ3) is 3.98. The first-order chi connectivity index (χ1) is 14.7. The van der Waals surface area contributed by atoms with Crippen LogP contribution in [0.25, 0.3) is 11.8 Å². The Morgan fingerprint density at radius 2 is 1.52 bits per heavy atom. The molecule has 0 spiro atoms. The highest BCUT2D eigenvalue weighted by molar-refractivity contribution is 8.19. The molecule has 0 bridgehead atoms. The van der Waals surface area contributed by atoms with E-state index in [-0.39, 0.29) is 16.6 Å². The second-order valence-corrected chi connectivity index (χ2v) is 9.80. The van der Waals surface area contributed by atoms with Gasteiger partial charge in [0.25, 0.3) is 11.1 Å². The summed E-state index contributed by atoms with van der Waals surface area (Å²) in [6.45, 7) is 10.7. The molecule has 2 amide bonds. The number of imide groups is 1. The molecule has 158 valence electrons. The van der Waals surface area contributed by atoms with Crippen LogP contribution in [0, 0.1) is 13.8 Å². The zero-order valence-corrected chi connectivity index (χ0v) is 19.3. The summed E-state index contributed by atoms with van der Waals surface area (Å²) < 4.78 is 2.18. The minimum absolute atomic E-state index is 0.103. The molecule has 4 nitrogen and oxygen atoms in total. The van der Waals surface area contributed by atoms with Gasteiger partial charge in [-0.05, 0) is 78.6 Å². The topological polar surface area (TPSA) is 42.3 Å². The molecule has 3 aromatic rings. The summed E-state index contributed by atoms with van der Waals surface area (Å²) in [7, 11) is 0. The van der Waals surface area contributed by atoms with Crippen molar-refractivity contribution >= 4 is 34.7 Å². The molecule has 1 aliphatic rings. The predicted octanol–water partition coefficient (Wildman–Crippen LogP) is 6.63. The number of para-hydroxylation sites is 1. The number of anilines is 1. The molecular weight excluding hydrogens is 404 g/mol. The number of amides is 2. The fourth-order valence-electron chi connectivity index (χ4n) is 3.85. The van der Waals surface area contributed by atoms with E-state index in [4.69, 9.17) is 0 Å². The summed E-state index contributed by atoms with van der Waals surface area (Å²) in [6, 6.07) is 19.7. The van der Waals surface area contributed by atoms with Gasteiger partial charge < -0.3 is 4.57 Å². The van der Waals surface area contributed by atoms with E-state index < -0.39 is 0 Å². The lowest BCUT2D eigenvalue weighted by Crippen LogP contribution is -2.27. The van der Waals surface area contributed by atoms with Crippen LogP contribution in [0.15, 0.2) is 65.6 Å². The van der Waals surface area contributed by atoms with Crippen LogP contribution in [0.4, 0.5) is 10.5 Å². The molecule has 2 heterocycles. The number of hydrogen-bond acceptors (Lipinski definition) is 3. The van der Waals surface area contributed by atoms with Crippen molar-refractivity contribution in [1.29, 1.82) is 0 Å². The van der Waals surface area contributed by atoms with Gasteiger partial charge in [0, 0.05) is 17.1 Å². The number of carbonyl (C=O) groups excluding carboxylic acids is 2. The summed E-state index contributed by atoms with van der Waals surface area (Å²) >= 11 is 0.985. The first-order valence-corrected chi connectivity index (χ1v) is 11.1. The van der Waals surface area contributed by atoms with Gasteiger partial charge in [-0.25, -0.2) is 4.90 Å². The van der Waals surface area contributed by atoms with E-state index in [0.29, 0.717) is 10.6 Å². The van der Waals surface area contributed by atoms with Crippen molar-refractivity contribution in [2.24, 2.45) is 0 Å². The molecule has 2 aromatic carbocycles. The fourth-order valence-corrected chi connectivity index (χ4v) is 4.68. The molecule has 1 fully saturated rings. The van der Waals surface area contributed by atoms with Crippen LogP contribution >= 0.6 is 11.8 Å². The summed E-state index contributed by atoms with van der Waals surface area (Å²) in [5.41, 5.74) is 6.12. The predicted molar refractivity (Wildman–Crippen MR) is 129 cm³/mol. The second kappa shape index (κ2) is 7.89. The van der Waals surface area contributed by atoms with Crippen LogP contribution in [0.1, 0.15) is 43.3 Å². The fraction of sp³-hybridized carbons (Fsp3) is 0.231. The molecule has 0 saturated carbocycles. The van der Waals surface area contributed by atoms with E-state index in [1.807, 2.05) is 31.2 Å². The van der Waals surface area contributed by atoms with Crippen molar-refractivity contribution in [3.05, 3.63) is 88.1 Å². The molecule has 31 heavy (non-hydrogen) atoms. The van der Waals surface area contributed by atoms with Gasteiger partial charge in [-0.2, -0.15) is 0 Å². The maximum absolute atomic E-state index is 12.9. The van der Waals surface area contributed by atoms with Crippen molar-refractivity contribution < 1.29 is 9.59 Å². The van der Waals surface area contributed by atoms with Crippen LogP contribution in [-0.4, -0.2) is 15.7 Å². The van der Waals surface area contributed by atoms with E-state index in [9.17, 15) is 9.59 Å². The molecular formula is C26H26N2O2S. The lowest BCUT2D eigenvalue weighted by molar-refractivity contribution is -0.113. The number of hydrogen-bond donors (Lipinski definition) is 0. The van der Waals surface area contributed by atoms with Gasteiger partial charge in [0.15, 0.2) is 0 Å². The Morgan fingerprint density at radius 3 is 2.13 bits per heavy atom. The van der Waals surface area contributed by atoms with Crippen molar-refractivity contribution in [2.75, 3.05) is 4.90 Å². The highest BCUT2D eigenvalue weighted by atomic mass is 32.2. The Bertz CT molecular complexity index is 1180. The van der Waals surface area contributed by atoms with Gasteiger partial charge in [0.05, 0.1) is 10.6 Å². The quantitative estimate of drug-likeness (QED) is 0.438. The van der Waals surface area contributed by atoms with Gasteiger partial charge in [-0.3, -0.25) is 9.59 Å². The molecule has 4 rings (SSSR count). The number of aromatic nitrogens is 1. The molecule has 1 aliphatic heterocycles. The van der Waals surface area contributed by atoms with Gasteiger partial charge in [-0.15, -0.1) is 0 Å². The van der Waals surface area contributed by atoms with Gasteiger partial charge in [0.1, 0.15) is 0 Å². The van der Waals surface area contributed by atoms with Crippen LogP contribution in [-0.2, 0) is 10.2 Å². The van der Waals surface area contributed by atoms with E-state index in [2.05, 4.69) is 62.6 Å². The lowest BCUT2D eigenvalue weighted by Gasteiger charge is -2.20. The summed E-state index contributed by atoms with van der Waals surface area (Å²) in [5, 5.41) is -0.269. The SMILES string of the molecule is Cc1cc(C=C2SC(=O)N(c3ccccc3)C2=O)c(C)n1-c1ccc(C(C)(C)C)cc1. The van der Waals surface area contributed by atoms with Gasteiger partial charge in [0.2, 0.25) is 0 Å². The summed E-state index contributed by atoms with van der Waals surface area (Å²) in [4.78, 5) is 27.1. The molecule has 1 aromatic heterocycles. The average Bonchev–Trinajstić information content (AvgIpc) is 3.16. The maximum atomic E-state index is 12.9. The third-order valence-electron chi connectivity index (χ3n) is 5.56. The highest BCUT2D eigenvalue weighted by Crippen LogP contribution is 2.36. The molecule has 5 heteroatoms. The lowest BCUT2D eigenvalue weighted by atomic mass is 9.87. The van der Waals surface area contributed by atoms with Crippen molar-refractivity contribution in [3.8, 4) is 5.69 Å². The molecule has 1 saturated heterocycles. The number of benzene rings is 2. The Morgan fingerprint density at radius 1 is 0.871 bits per heavy atom. The van der Waals surface area contributed by atoms with Crippen LogP contribution in [0.3, 0.4) is 0 Å². The largest absolute Gasteiger partial charge is 0.318 e. The number of carbonyl (C=O) groups is 2. The smallest absolute Gasteiger partial charge is 0.298 e. The minimum atomic E-state index is -0.277. The summed E-state index contributed by atoms with van der Waals surface area (Å²) in [5.74, 6) is -0.277. The Balaban J connectivity index is 1.67. The molecule has 0 N–H and O–H groups in total. The third-order valence-corrected chi connectivity index (χ3v) is 6.43. The van der Waals surface area contributed by atoms with Crippen LogP contribution in [0.5, 0.6) is 0 Å². The van der Waals surface area contributed by atoms with Crippen molar-refractivity contribution in [2.45, 2.75) is 40.0 Å². The van der Waals surface area contributed by atoms with E-state index in [1.165, 1.54) is 10.5 Å². The van der Waals surface area contributed by atoms with Crippen LogP contribution in [0.2, 0.25) is 0 Å². The normalized spacial score (nSPS) is 15.9. The number of thioether (sulfide) groups is 1.